The number of nitrogens with zero attached hydrogens (tertiary/aromatic N) is 1. The lowest BCUT2D eigenvalue weighted by atomic mass is 9.94. The molecule has 1 saturated carbocycles. The van der Waals surface area contributed by atoms with Crippen molar-refractivity contribution in [3.63, 3.8) is 0 Å². The van der Waals surface area contributed by atoms with Crippen molar-refractivity contribution in [3.8, 4) is 0 Å². The Hall–Kier alpha value is -3.47. The van der Waals surface area contributed by atoms with Gasteiger partial charge in [-0.2, -0.15) is 0 Å². The van der Waals surface area contributed by atoms with Crippen molar-refractivity contribution in [2.45, 2.75) is 83.3 Å². The van der Waals surface area contributed by atoms with E-state index in [4.69, 9.17) is 0 Å². The van der Waals surface area contributed by atoms with Gasteiger partial charge in [-0.05, 0) is 48.4 Å². The van der Waals surface area contributed by atoms with E-state index in [1.807, 2.05) is 30.3 Å². The van der Waals surface area contributed by atoms with E-state index in [9.17, 15) is 14.0 Å². The first-order chi connectivity index (χ1) is 18.5. The molecule has 1 N–H and O–H groups in total. The van der Waals surface area contributed by atoms with Crippen LogP contribution in [0.2, 0.25) is 0 Å². The lowest BCUT2D eigenvalue weighted by Gasteiger charge is -2.33. The molecule has 2 amide bonds. The molecule has 0 spiro atoms. The lowest BCUT2D eigenvalue weighted by Crippen LogP contribution is -2.53. The second-order valence-electron chi connectivity index (χ2n) is 10.3. The quantitative estimate of drug-likeness (QED) is 0.321. The Labute approximate surface area is 226 Å². The van der Waals surface area contributed by atoms with E-state index in [-0.39, 0.29) is 36.6 Å². The number of hydrogen-bond donors (Lipinski definition) is 1. The summed E-state index contributed by atoms with van der Waals surface area (Å²) in [6, 6.07) is 24.0. The molecule has 38 heavy (non-hydrogen) atoms. The summed E-state index contributed by atoms with van der Waals surface area (Å²) in [5.74, 6) is -0.670. The molecule has 0 bridgehead atoms. The number of amides is 2. The van der Waals surface area contributed by atoms with Gasteiger partial charge in [-0.3, -0.25) is 9.59 Å². The summed E-state index contributed by atoms with van der Waals surface area (Å²) in [6.07, 6.45) is 7.47. The van der Waals surface area contributed by atoms with Crippen molar-refractivity contribution >= 4 is 11.8 Å². The predicted molar refractivity (Wildman–Crippen MR) is 150 cm³/mol. The molecule has 1 aliphatic rings. The smallest absolute Gasteiger partial charge is 0.243 e. The number of nitrogens with one attached hydrogen (secondary N) is 1. The summed E-state index contributed by atoms with van der Waals surface area (Å²) >= 11 is 0. The Morgan fingerprint density at radius 3 is 2.21 bits per heavy atom. The predicted octanol–water partition coefficient (Wildman–Crippen LogP) is 6.41. The van der Waals surface area contributed by atoms with Crippen molar-refractivity contribution in [2.75, 3.05) is 0 Å². The van der Waals surface area contributed by atoms with Crippen LogP contribution < -0.4 is 5.32 Å². The van der Waals surface area contributed by atoms with E-state index < -0.39 is 6.04 Å². The van der Waals surface area contributed by atoms with Gasteiger partial charge in [0.25, 0.3) is 0 Å². The fraction of sp³-hybridized carbons (Fsp3) is 0.394. The summed E-state index contributed by atoms with van der Waals surface area (Å²) in [5.41, 5.74) is 3.71. The highest BCUT2D eigenvalue weighted by molar-refractivity contribution is 5.88. The molecule has 200 valence electrons. The van der Waals surface area contributed by atoms with E-state index in [2.05, 4.69) is 36.5 Å². The van der Waals surface area contributed by atoms with Crippen molar-refractivity contribution in [1.29, 1.82) is 0 Å². The highest BCUT2D eigenvalue weighted by Crippen LogP contribution is 2.21. The van der Waals surface area contributed by atoms with Gasteiger partial charge < -0.3 is 10.2 Å². The van der Waals surface area contributed by atoms with Crippen molar-refractivity contribution in [3.05, 3.63) is 107 Å². The molecule has 1 atom stereocenters. The lowest BCUT2D eigenvalue weighted by molar-refractivity contribution is -0.141. The molecule has 0 aromatic heterocycles. The molecule has 0 saturated heterocycles. The van der Waals surface area contributed by atoms with E-state index >= 15 is 0 Å². The zero-order chi connectivity index (χ0) is 26.7. The van der Waals surface area contributed by atoms with Crippen molar-refractivity contribution < 1.29 is 14.0 Å². The first kappa shape index (κ1) is 27.6. The van der Waals surface area contributed by atoms with Gasteiger partial charge in [-0.1, -0.05) is 99.0 Å². The van der Waals surface area contributed by atoms with Gasteiger partial charge in [-0.25, -0.2) is 4.39 Å². The van der Waals surface area contributed by atoms with E-state index in [1.54, 1.807) is 23.1 Å². The third-order valence-corrected chi connectivity index (χ3v) is 7.58. The normalized spacial score (nSPS) is 14.6. The third-order valence-electron chi connectivity index (χ3n) is 7.58. The Balaban J connectivity index is 1.60. The molecule has 0 unspecified atom stereocenters. The van der Waals surface area contributed by atoms with Crippen molar-refractivity contribution in [1.82, 2.24) is 10.2 Å². The standard InChI is InChI=1S/C33H39FN2O2/c1-2-25-17-19-26(20-18-25)21-22-32(37)36(24-28-13-9-10-16-30(28)34)31(23-27-11-5-3-6-12-27)33(38)35-29-14-7-4-8-15-29/h3,5-6,9-13,16-20,29,31H,2,4,7-8,14-15,21-24H2,1H3,(H,35,38)/t31-/m1/s1. The second-order valence-corrected chi connectivity index (χ2v) is 10.3. The van der Waals surface area contributed by atoms with Crippen LogP contribution in [0.25, 0.3) is 0 Å². The Morgan fingerprint density at radius 1 is 0.868 bits per heavy atom. The molecule has 4 rings (SSSR count). The minimum atomic E-state index is -0.728. The average Bonchev–Trinajstić information content (AvgIpc) is 2.96. The Morgan fingerprint density at radius 2 is 1.53 bits per heavy atom. The second kappa shape index (κ2) is 13.9. The zero-order valence-corrected chi connectivity index (χ0v) is 22.4. The number of carbonyl (C=O) groups excluding carboxylic acids is 2. The molecule has 0 heterocycles. The van der Waals surface area contributed by atoms with Crippen LogP contribution in [-0.2, 0) is 35.4 Å². The molecule has 0 radical (unpaired) electrons. The fourth-order valence-electron chi connectivity index (χ4n) is 5.24. The maximum absolute atomic E-state index is 14.8. The third kappa shape index (κ3) is 7.77. The van der Waals surface area contributed by atoms with Gasteiger partial charge in [0.2, 0.25) is 11.8 Å². The number of hydrogen-bond acceptors (Lipinski definition) is 2. The summed E-state index contributed by atoms with van der Waals surface area (Å²) in [5, 5.41) is 3.23. The first-order valence-electron chi connectivity index (χ1n) is 14.0. The Bertz CT molecular complexity index is 1170. The molecule has 1 fully saturated rings. The van der Waals surface area contributed by atoms with Gasteiger partial charge in [0, 0.05) is 31.0 Å². The Kier molecular flexibility index (Phi) is 10.1. The topological polar surface area (TPSA) is 49.4 Å². The summed E-state index contributed by atoms with van der Waals surface area (Å²) in [7, 11) is 0. The van der Waals surface area contributed by atoms with Crippen LogP contribution in [0, 0.1) is 5.82 Å². The van der Waals surface area contributed by atoms with E-state index in [0.717, 1.165) is 43.2 Å². The van der Waals surface area contributed by atoms with Crippen LogP contribution in [0.15, 0.2) is 78.9 Å². The van der Waals surface area contributed by atoms with Gasteiger partial charge >= 0.3 is 0 Å². The van der Waals surface area contributed by atoms with Gasteiger partial charge in [-0.15, -0.1) is 0 Å². The molecular formula is C33H39FN2O2. The highest BCUT2D eigenvalue weighted by atomic mass is 19.1. The minimum Gasteiger partial charge on any atom is -0.352 e. The maximum Gasteiger partial charge on any atom is 0.243 e. The van der Waals surface area contributed by atoms with Crippen molar-refractivity contribution in [2.24, 2.45) is 0 Å². The number of halogens is 1. The summed E-state index contributed by atoms with van der Waals surface area (Å²) < 4.78 is 14.8. The molecular weight excluding hydrogens is 475 g/mol. The molecule has 0 aliphatic heterocycles. The largest absolute Gasteiger partial charge is 0.352 e. The number of benzene rings is 3. The van der Waals surface area contributed by atoms with Crippen LogP contribution in [0.4, 0.5) is 4.39 Å². The van der Waals surface area contributed by atoms with Crippen LogP contribution in [0.5, 0.6) is 0 Å². The highest BCUT2D eigenvalue weighted by Gasteiger charge is 2.32. The van der Waals surface area contributed by atoms with Gasteiger partial charge in [0.05, 0.1) is 0 Å². The monoisotopic (exact) mass is 514 g/mol. The first-order valence-corrected chi connectivity index (χ1v) is 14.0. The molecule has 3 aromatic rings. The van der Waals surface area contributed by atoms with Crippen LogP contribution in [-0.4, -0.2) is 28.8 Å². The minimum absolute atomic E-state index is 0.0515. The molecule has 5 heteroatoms. The number of rotatable bonds is 11. The maximum atomic E-state index is 14.8. The average molecular weight is 515 g/mol. The summed E-state index contributed by atoms with van der Waals surface area (Å²) in [4.78, 5) is 29.2. The van der Waals surface area contributed by atoms with E-state index in [0.29, 0.717) is 18.4 Å². The van der Waals surface area contributed by atoms with Gasteiger partial charge in [0.15, 0.2) is 0 Å². The van der Waals surface area contributed by atoms with Crippen LogP contribution >= 0.6 is 0 Å². The summed E-state index contributed by atoms with van der Waals surface area (Å²) in [6.45, 7) is 2.17. The molecule has 4 nitrogen and oxygen atoms in total. The number of carbonyl (C=O) groups is 2. The zero-order valence-electron chi connectivity index (χ0n) is 22.4. The SMILES string of the molecule is CCc1ccc(CCC(=O)N(Cc2ccccc2F)[C@H](Cc2ccccc2)C(=O)NC2CCCCC2)cc1. The van der Waals surface area contributed by atoms with Crippen LogP contribution in [0.1, 0.15) is 67.7 Å². The van der Waals surface area contributed by atoms with E-state index in [1.165, 1.54) is 18.1 Å². The fourth-order valence-corrected chi connectivity index (χ4v) is 5.24. The molecule has 1 aliphatic carbocycles. The number of aryl methyl sites for hydroxylation is 2. The van der Waals surface area contributed by atoms with Gasteiger partial charge in [0.1, 0.15) is 11.9 Å². The van der Waals surface area contributed by atoms with Crippen LogP contribution in [0.3, 0.4) is 0 Å². The molecule has 3 aromatic carbocycles.